The fraction of sp³-hybridized carbons (Fsp3) is 0.538. The number of ether oxygens (including phenoxy) is 1. The molecule has 0 radical (unpaired) electrons. The summed E-state index contributed by atoms with van der Waals surface area (Å²) in [7, 11) is -0.480. The Kier molecular flexibility index (Phi) is 4.74. The van der Waals surface area contributed by atoms with Crippen molar-refractivity contribution in [2.24, 2.45) is 0 Å². The first-order chi connectivity index (χ1) is 9.46. The highest BCUT2D eigenvalue weighted by atomic mass is 32.2. The number of halogens is 1. The number of benzene rings is 1. The Bertz CT molecular complexity index is 571. The van der Waals surface area contributed by atoms with Gasteiger partial charge in [0, 0.05) is 19.7 Å². The molecule has 1 saturated carbocycles. The van der Waals surface area contributed by atoms with Gasteiger partial charge in [0.2, 0.25) is 10.0 Å². The largest absolute Gasteiger partial charge is 0.381 e. The van der Waals surface area contributed by atoms with E-state index in [1.54, 1.807) is 20.2 Å². The molecule has 1 aromatic carbocycles. The Morgan fingerprint density at radius 2 is 2.10 bits per heavy atom. The number of nitrogens with one attached hydrogen (secondary N) is 2. The predicted molar refractivity (Wildman–Crippen MR) is 73.3 cm³/mol. The lowest BCUT2D eigenvalue weighted by molar-refractivity contribution is 0.0236. The molecule has 0 atom stereocenters. The quantitative estimate of drug-likeness (QED) is 0.823. The van der Waals surface area contributed by atoms with Crippen LogP contribution in [0.4, 0.5) is 4.39 Å². The van der Waals surface area contributed by atoms with E-state index in [1.165, 1.54) is 12.1 Å². The summed E-state index contributed by atoms with van der Waals surface area (Å²) >= 11 is 0. The molecule has 5 nitrogen and oxygen atoms in total. The van der Waals surface area contributed by atoms with Gasteiger partial charge in [-0.05, 0) is 37.6 Å². The molecule has 0 unspecified atom stereocenters. The number of rotatable bonds is 6. The second-order valence-corrected chi connectivity index (χ2v) is 6.62. The van der Waals surface area contributed by atoms with Crippen LogP contribution in [0.15, 0.2) is 23.1 Å². The molecule has 1 aromatic rings. The zero-order chi connectivity index (χ0) is 14.8. The van der Waals surface area contributed by atoms with Crippen LogP contribution in [-0.4, -0.2) is 34.7 Å². The molecule has 0 saturated heterocycles. The summed E-state index contributed by atoms with van der Waals surface area (Å²) in [5, 5.41) is 2.89. The van der Waals surface area contributed by atoms with Crippen LogP contribution in [0.3, 0.4) is 0 Å². The van der Waals surface area contributed by atoms with E-state index in [2.05, 4.69) is 10.0 Å². The third-order valence-electron chi connectivity index (χ3n) is 3.42. The maximum absolute atomic E-state index is 13.9. The van der Waals surface area contributed by atoms with Gasteiger partial charge >= 0.3 is 0 Å². The molecular formula is C13H19FN2O3S. The molecule has 0 aliphatic heterocycles. The van der Waals surface area contributed by atoms with E-state index in [9.17, 15) is 12.8 Å². The van der Waals surface area contributed by atoms with Crippen molar-refractivity contribution in [1.29, 1.82) is 0 Å². The minimum absolute atomic E-state index is 0.0885. The highest BCUT2D eigenvalue weighted by Gasteiger charge is 2.33. The van der Waals surface area contributed by atoms with Crippen molar-refractivity contribution in [2.45, 2.75) is 36.4 Å². The third kappa shape index (κ3) is 3.35. The van der Waals surface area contributed by atoms with Crippen molar-refractivity contribution in [3.8, 4) is 0 Å². The van der Waals surface area contributed by atoms with Gasteiger partial charge in [-0.2, -0.15) is 0 Å². The summed E-state index contributed by atoms with van der Waals surface area (Å²) in [6, 6.07) is 3.97. The fourth-order valence-electron chi connectivity index (χ4n) is 2.21. The Hall–Kier alpha value is -1.02. The van der Waals surface area contributed by atoms with E-state index in [-0.39, 0.29) is 17.0 Å². The zero-order valence-corrected chi connectivity index (χ0v) is 12.3. The maximum atomic E-state index is 13.9. The van der Waals surface area contributed by atoms with Crippen LogP contribution in [0.1, 0.15) is 18.4 Å². The van der Waals surface area contributed by atoms with Crippen LogP contribution in [0.2, 0.25) is 0 Å². The van der Waals surface area contributed by atoms with Crippen molar-refractivity contribution in [2.75, 3.05) is 14.2 Å². The third-order valence-corrected chi connectivity index (χ3v) is 4.97. The number of methoxy groups -OCH3 is 1. The van der Waals surface area contributed by atoms with Crippen LogP contribution in [0, 0.1) is 5.82 Å². The first-order valence-corrected chi connectivity index (χ1v) is 7.92. The summed E-state index contributed by atoms with van der Waals surface area (Å²) in [5.74, 6) is -0.729. The SMILES string of the molecule is CNCc1ccc(S(=O)(=O)NC2CC(OC)C2)c(F)c1. The molecule has 1 aliphatic carbocycles. The van der Waals surface area contributed by atoms with Crippen LogP contribution < -0.4 is 10.0 Å². The number of sulfonamides is 1. The van der Waals surface area contributed by atoms with Crippen LogP contribution in [0.25, 0.3) is 0 Å². The summed E-state index contributed by atoms with van der Waals surface area (Å²) in [5.41, 5.74) is 0.701. The second-order valence-electron chi connectivity index (χ2n) is 4.94. The van der Waals surface area contributed by atoms with Crippen LogP contribution in [0.5, 0.6) is 0 Å². The molecule has 2 N–H and O–H groups in total. The first-order valence-electron chi connectivity index (χ1n) is 6.44. The normalized spacial score (nSPS) is 22.6. The molecule has 7 heteroatoms. The molecule has 0 amide bonds. The van der Waals surface area contributed by atoms with E-state index < -0.39 is 15.8 Å². The van der Waals surface area contributed by atoms with Gasteiger partial charge < -0.3 is 10.1 Å². The van der Waals surface area contributed by atoms with Crippen molar-refractivity contribution in [3.05, 3.63) is 29.6 Å². The highest BCUT2D eigenvalue weighted by Crippen LogP contribution is 2.25. The van der Waals surface area contributed by atoms with Gasteiger partial charge in [0.05, 0.1) is 6.10 Å². The Balaban J connectivity index is 2.09. The minimum atomic E-state index is -3.82. The van der Waals surface area contributed by atoms with E-state index >= 15 is 0 Å². The standard InChI is InChI=1S/C13H19FN2O3S/c1-15-8-9-3-4-13(12(14)5-9)20(17,18)16-10-6-11(7-10)19-2/h3-5,10-11,15-16H,6-8H2,1-2H3. The van der Waals surface area contributed by atoms with E-state index in [0.29, 0.717) is 24.9 Å². The van der Waals surface area contributed by atoms with Crippen LogP contribution >= 0.6 is 0 Å². The van der Waals surface area contributed by atoms with Crippen molar-refractivity contribution < 1.29 is 17.5 Å². The van der Waals surface area contributed by atoms with Crippen LogP contribution in [-0.2, 0) is 21.3 Å². The van der Waals surface area contributed by atoms with Gasteiger partial charge in [0.1, 0.15) is 10.7 Å². The van der Waals surface area contributed by atoms with Gasteiger partial charge in [-0.3, -0.25) is 0 Å². The van der Waals surface area contributed by atoms with Crippen molar-refractivity contribution in [3.63, 3.8) is 0 Å². The number of hydrogen-bond donors (Lipinski definition) is 2. The topological polar surface area (TPSA) is 67.4 Å². The maximum Gasteiger partial charge on any atom is 0.243 e. The summed E-state index contributed by atoms with van der Waals surface area (Å²) in [6.07, 6.45) is 1.33. The highest BCUT2D eigenvalue weighted by molar-refractivity contribution is 7.89. The molecule has 0 spiro atoms. The van der Waals surface area contributed by atoms with E-state index in [0.717, 1.165) is 0 Å². The Morgan fingerprint density at radius 1 is 1.40 bits per heavy atom. The zero-order valence-electron chi connectivity index (χ0n) is 11.5. The first kappa shape index (κ1) is 15.4. The van der Waals surface area contributed by atoms with Gasteiger partial charge in [-0.15, -0.1) is 0 Å². The monoisotopic (exact) mass is 302 g/mol. The number of hydrogen-bond acceptors (Lipinski definition) is 4. The molecule has 0 aromatic heterocycles. The molecule has 2 rings (SSSR count). The lowest BCUT2D eigenvalue weighted by Gasteiger charge is -2.34. The minimum Gasteiger partial charge on any atom is -0.381 e. The van der Waals surface area contributed by atoms with Crippen molar-refractivity contribution >= 4 is 10.0 Å². The molecule has 1 aliphatic rings. The van der Waals surface area contributed by atoms with Crippen molar-refractivity contribution in [1.82, 2.24) is 10.0 Å². The van der Waals surface area contributed by atoms with E-state index in [4.69, 9.17) is 4.74 Å². The molecule has 1 fully saturated rings. The molecule has 20 heavy (non-hydrogen) atoms. The second kappa shape index (κ2) is 6.17. The van der Waals surface area contributed by atoms with Gasteiger partial charge in [0.25, 0.3) is 0 Å². The van der Waals surface area contributed by atoms with Gasteiger partial charge in [0.15, 0.2) is 0 Å². The fourth-order valence-corrected chi connectivity index (χ4v) is 3.53. The summed E-state index contributed by atoms with van der Waals surface area (Å²) in [4.78, 5) is -0.307. The molecule has 0 bridgehead atoms. The Morgan fingerprint density at radius 3 is 2.65 bits per heavy atom. The van der Waals surface area contributed by atoms with Gasteiger partial charge in [-0.25, -0.2) is 17.5 Å². The lowest BCUT2D eigenvalue weighted by atomic mass is 9.90. The lowest BCUT2D eigenvalue weighted by Crippen LogP contribution is -2.47. The van der Waals surface area contributed by atoms with E-state index in [1.807, 2.05) is 0 Å². The van der Waals surface area contributed by atoms with Gasteiger partial charge in [-0.1, -0.05) is 6.07 Å². The predicted octanol–water partition coefficient (Wildman–Crippen LogP) is 1.00. The summed E-state index contributed by atoms with van der Waals surface area (Å²) in [6.45, 7) is 0.489. The molecular weight excluding hydrogens is 283 g/mol. The average Bonchev–Trinajstić information content (AvgIpc) is 2.33. The average molecular weight is 302 g/mol. The Labute approximate surface area is 118 Å². The smallest absolute Gasteiger partial charge is 0.243 e. The molecule has 0 heterocycles. The summed E-state index contributed by atoms with van der Waals surface area (Å²) < 4.78 is 45.7. The molecule has 112 valence electrons.